The molecular formula is C36H41N3O6S. The van der Waals surface area contributed by atoms with E-state index in [4.69, 9.17) is 9.47 Å². The van der Waals surface area contributed by atoms with Crippen molar-refractivity contribution in [2.75, 3.05) is 24.5 Å². The van der Waals surface area contributed by atoms with Crippen molar-refractivity contribution in [3.05, 3.63) is 115 Å². The first kappa shape index (κ1) is 34.1. The second-order valence-corrected chi connectivity index (χ2v) is 13.0. The quantitative estimate of drug-likeness (QED) is 0.164. The maximum atomic E-state index is 14.3. The lowest BCUT2D eigenvalue weighted by atomic mass is 10.1. The van der Waals surface area contributed by atoms with Gasteiger partial charge in [-0.05, 0) is 78.6 Å². The fraction of sp³-hybridized carbons (Fsp3) is 0.278. The number of hydrogen-bond acceptors (Lipinski definition) is 6. The third kappa shape index (κ3) is 8.88. The van der Waals surface area contributed by atoms with Gasteiger partial charge >= 0.3 is 0 Å². The number of methoxy groups -OCH3 is 1. The number of benzene rings is 4. The van der Waals surface area contributed by atoms with E-state index in [9.17, 15) is 18.0 Å². The molecule has 46 heavy (non-hydrogen) atoms. The summed E-state index contributed by atoms with van der Waals surface area (Å²) in [6.07, 6.45) is 0.336. The maximum absolute atomic E-state index is 14.3. The first-order chi connectivity index (χ1) is 22.1. The minimum Gasteiger partial charge on any atom is -0.497 e. The third-order valence-corrected chi connectivity index (χ3v) is 9.08. The summed E-state index contributed by atoms with van der Waals surface area (Å²) < 4.78 is 40.4. The molecule has 242 valence electrons. The Morgan fingerprint density at radius 2 is 1.35 bits per heavy atom. The van der Waals surface area contributed by atoms with Crippen LogP contribution in [0, 0.1) is 5.92 Å². The number of nitrogens with one attached hydrogen (secondary N) is 1. The molecule has 9 nitrogen and oxygen atoms in total. The molecule has 1 atom stereocenters. The normalized spacial score (nSPS) is 11.8. The highest BCUT2D eigenvalue weighted by atomic mass is 32.2. The molecule has 4 aromatic rings. The van der Waals surface area contributed by atoms with Gasteiger partial charge in [-0.1, -0.05) is 69.3 Å². The predicted octanol–water partition coefficient (Wildman–Crippen LogP) is 6.26. The van der Waals surface area contributed by atoms with Crippen LogP contribution in [0.25, 0.3) is 0 Å². The first-order valence-electron chi connectivity index (χ1n) is 15.2. The minimum absolute atomic E-state index is 0.0378. The van der Waals surface area contributed by atoms with E-state index < -0.39 is 28.5 Å². The third-order valence-electron chi connectivity index (χ3n) is 7.30. The SMILES string of the molecule is CC[C@H](C(=O)NCC(C)C)N(Cc1ccc(OC)cc1)C(=O)CN(c1ccc(Oc2ccccc2)cc1)S(=O)(=O)c1ccccc1. The van der Waals surface area contributed by atoms with Crippen LogP contribution in [0.4, 0.5) is 5.69 Å². The zero-order valence-electron chi connectivity index (χ0n) is 26.6. The average Bonchev–Trinajstić information content (AvgIpc) is 3.07. The molecule has 0 spiro atoms. The van der Waals surface area contributed by atoms with Gasteiger partial charge in [-0.3, -0.25) is 13.9 Å². The lowest BCUT2D eigenvalue weighted by molar-refractivity contribution is -0.140. The summed E-state index contributed by atoms with van der Waals surface area (Å²) in [4.78, 5) is 29.2. The number of carbonyl (C=O) groups excluding carboxylic acids is 2. The summed E-state index contributed by atoms with van der Waals surface area (Å²) in [5.74, 6) is 1.20. The smallest absolute Gasteiger partial charge is 0.264 e. The van der Waals surface area contributed by atoms with Gasteiger partial charge in [0.05, 0.1) is 17.7 Å². The molecule has 0 aliphatic carbocycles. The number of ether oxygens (including phenoxy) is 2. The van der Waals surface area contributed by atoms with Crippen molar-refractivity contribution in [3.8, 4) is 17.2 Å². The molecule has 4 aromatic carbocycles. The van der Waals surface area contributed by atoms with E-state index in [2.05, 4.69) is 5.32 Å². The summed E-state index contributed by atoms with van der Waals surface area (Å²) >= 11 is 0. The van der Waals surface area contributed by atoms with Gasteiger partial charge in [0.25, 0.3) is 10.0 Å². The number of anilines is 1. The van der Waals surface area contributed by atoms with E-state index in [1.165, 1.54) is 17.0 Å². The largest absolute Gasteiger partial charge is 0.497 e. The van der Waals surface area contributed by atoms with Crippen molar-refractivity contribution in [1.82, 2.24) is 10.2 Å². The Morgan fingerprint density at radius 1 is 0.783 bits per heavy atom. The molecule has 0 bridgehead atoms. The number of rotatable bonds is 15. The number of nitrogens with zero attached hydrogens (tertiary/aromatic N) is 2. The Balaban J connectivity index is 1.70. The number of carbonyl (C=O) groups is 2. The highest BCUT2D eigenvalue weighted by Crippen LogP contribution is 2.29. The molecule has 0 aliphatic heterocycles. The zero-order valence-corrected chi connectivity index (χ0v) is 27.4. The Labute approximate surface area is 271 Å². The molecule has 2 amide bonds. The summed E-state index contributed by atoms with van der Waals surface area (Å²) in [5.41, 5.74) is 1.04. The molecule has 0 unspecified atom stereocenters. The first-order valence-corrected chi connectivity index (χ1v) is 16.7. The van der Waals surface area contributed by atoms with E-state index in [1.54, 1.807) is 61.7 Å². The van der Waals surface area contributed by atoms with Crippen LogP contribution in [-0.2, 0) is 26.2 Å². The molecule has 1 N–H and O–H groups in total. The van der Waals surface area contributed by atoms with Gasteiger partial charge in [0.2, 0.25) is 11.8 Å². The highest BCUT2D eigenvalue weighted by molar-refractivity contribution is 7.92. The van der Waals surface area contributed by atoms with E-state index >= 15 is 0 Å². The lowest BCUT2D eigenvalue weighted by Gasteiger charge is -2.33. The standard InChI is InChI=1S/C36H41N3O6S/c1-5-34(36(41)37-24-27(2)3)38(25-28-16-20-30(44-4)21-17-28)35(40)26-39(46(42,43)33-14-10-7-11-15-33)29-18-22-32(23-19-29)45-31-12-8-6-9-13-31/h6-23,27,34H,5,24-26H2,1-4H3,(H,37,41)/t34-/m1/s1. The lowest BCUT2D eigenvalue weighted by Crippen LogP contribution is -2.52. The monoisotopic (exact) mass is 643 g/mol. The van der Waals surface area contributed by atoms with Crippen molar-refractivity contribution >= 4 is 27.5 Å². The van der Waals surface area contributed by atoms with Gasteiger partial charge in [0.1, 0.15) is 29.8 Å². The van der Waals surface area contributed by atoms with Crippen molar-refractivity contribution in [2.45, 2.75) is 44.7 Å². The molecule has 0 saturated heterocycles. The molecule has 0 heterocycles. The van der Waals surface area contributed by atoms with Gasteiger partial charge < -0.3 is 19.7 Å². The second-order valence-electron chi connectivity index (χ2n) is 11.2. The van der Waals surface area contributed by atoms with Crippen LogP contribution < -0.4 is 19.1 Å². The Bertz CT molecular complexity index is 1660. The number of hydrogen-bond donors (Lipinski definition) is 1. The fourth-order valence-electron chi connectivity index (χ4n) is 4.82. The topological polar surface area (TPSA) is 105 Å². The van der Waals surface area contributed by atoms with E-state index in [-0.39, 0.29) is 29.0 Å². The second kappa shape index (κ2) is 15.9. The molecule has 0 fully saturated rings. The van der Waals surface area contributed by atoms with E-state index in [0.717, 1.165) is 9.87 Å². The van der Waals surface area contributed by atoms with Crippen molar-refractivity contribution in [2.24, 2.45) is 5.92 Å². The van der Waals surface area contributed by atoms with Crippen LogP contribution in [0.3, 0.4) is 0 Å². The van der Waals surface area contributed by atoms with Crippen LogP contribution in [-0.4, -0.2) is 51.4 Å². The Hall–Kier alpha value is -4.83. The molecular weight excluding hydrogens is 602 g/mol. The van der Waals surface area contributed by atoms with Gasteiger partial charge in [-0.2, -0.15) is 0 Å². The summed E-state index contributed by atoms with van der Waals surface area (Å²) in [6.45, 7) is 5.83. The van der Waals surface area contributed by atoms with Crippen molar-refractivity contribution in [3.63, 3.8) is 0 Å². The molecule has 0 aromatic heterocycles. The zero-order chi connectivity index (χ0) is 33.1. The summed E-state index contributed by atoms with van der Waals surface area (Å²) in [6, 6.07) is 30.1. The van der Waals surface area contributed by atoms with E-state index in [1.807, 2.05) is 63.2 Å². The van der Waals surface area contributed by atoms with Crippen LogP contribution in [0.15, 0.2) is 114 Å². The van der Waals surface area contributed by atoms with Crippen LogP contribution >= 0.6 is 0 Å². The van der Waals surface area contributed by atoms with E-state index in [0.29, 0.717) is 30.2 Å². The van der Waals surface area contributed by atoms with Crippen LogP contribution in [0.2, 0.25) is 0 Å². The molecule has 0 aliphatic rings. The maximum Gasteiger partial charge on any atom is 0.264 e. The van der Waals surface area contributed by atoms with Crippen molar-refractivity contribution in [1.29, 1.82) is 0 Å². The van der Waals surface area contributed by atoms with Crippen LogP contribution in [0.5, 0.6) is 17.2 Å². The molecule has 10 heteroatoms. The highest BCUT2D eigenvalue weighted by Gasteiger charge is 2.33. The summed E-state index contributed by atoms with van der Waals surface area (Å²) in [7, 11) is -2.61. The fourth-order valence-corrected chi connectivity index (χ4v) is 6.26. The average molecular weight is 644 g/mol. The predicted molar refractivity (Wildman–Crippen MR) is 179 cm³/mol. The van der Waals surface area contributed by atoms with Gasteiger partial charge in [0.15, 0.2) is 0 Å². The van der Waals surface area contributed by atoms with Gasteiger partial charge in [-0.25, -0.2) is 8.42 Å². The van der Waals surface area contributed by atoms with Crippen LogP contribution in [0.1, 0.15) is 32.8 Å². The number of amides is 2. The Morgan fingerprint density at radius 3 is 1.91 bits per heavy atom. The van der Waals surface area contributed by atoms with Gasteiger partial charge in [-0.15, -0.1) is 0 Å². The number of para-hydroxylation sites is 1. The Kier molecular flexibility index (Phi) is 11.8. The molecule has 4 rings (SSSR count). The summed E-state index contributed by atoms with van der Waals surface area (Å²) in [5, 5.41) is 2.94. The molecule has 0 saturated carbocycles. The number of sulfonamides is 1. The van der Waals surface area contributed by atoms with Crippen molar-refractivity contribution < 1.29 is 27.5 Å². The minimum atomic E-state index is -4.18. The van der Waals surface area contributed by atoms with Gasteiger partial charge in [0, 0.05) is 13.1 Å². The molecule has 0 radical (unpaired) electrons.